The summed E-state index contributed by atoms with van der Waals surface area (Å²) in [6.07, 6.45) is 0.587. The molecule has 0 radical (unpaired) electrons. The SMILES string of the molecule is CCCC[C@@]1(O)[C@H](O)[C@@H](CO)O[C@]1(n1ccc(=O)[nH]c1=O)[SiH](C)C. The first kappa shape index (κ1) is 19.1. The van der Waals surface area contributed by atoms with E-state index in [0.29, 0.717) is 6.42 Å². The lowest BCUT2D eigenvalue weighted by molar-refractivity contribution is -0.151. The Morgan fingerprint density at radius 3 is 2.58 bits per heavy atom. The fourth-order valence-electron chi connectivity index (χ4n) is 3.69. The second-order valence-electron chi connectivity index (χ2n) is 6.64. The highest BCUT2D eigenvalue weighted by molar-refractivity contribution is 6.58. The summed E-state index contributed by atoms with van der Waals surface area (Å²) in [5.74, 6) is 0. The van der Waals surface area contributed by atoms with Gasteiger partial charge in [-0.05, 0) is 6.42 Å². The van der Waals surface area contributed by atoms with Crippen LogP contribution in [0.3, 0.4) is 0 Å². The lowest BCUT2D eigenvalue weighted by atomic mass is 9.88. The topological polar surface area (TPSA) is 125 Å². The Labute approximate surface area is 141 Å². The molecule has 1 aromatic rings. The molecule has 0 amide bonds. The summed E-state index contributed by atoms with van der Waals surface area (Å²) >= 11 is 0. The first-order valence-electron chi connectivity index (χ1n) is 8.26. The molecule has 4 N–H and O–H groups in total. The highest BCUT2D eigenvalue weighted by Gasteiger charge is 2.67. The van der Waals surface area contributed by atoms with Crippen LogP contribution >= 0.6 is 0 Å². The van der Waals surface area contributed by atoms with Crippen molar-refractivity contribution < 1.29 is 20.1 Å². The number of rotatable bonds is 6. The summed E-state index contributed by atoms with van der Waals surface area (Å²) in [4.78, 5) is 26.0. The number of hydrogen-bond acceptors (Lipinski definition) is 6. The second kappa shape index (κ2) is 6.93. The van der Waals surface area contributed by atoms with Crippen molar-refractivity contribution in [2.45, 2.75) is 62.4 Å². The predicted octanol–water partition coefficient (Wildman–Crippen LogP) is -1.11. The number of unbranched alkanes of at least 4 members (excludes halogenated alkanes) is 1. The summed E-state index contributed by atoms with van der Waals surface area (Å²) in [5, 5.41) is 30.1. The fourth-order valence-corrected chi connectivity index (χ4v) is 6.21. The number of H-pyrrole nitrogens is 1. The van der Waals surface area contributed by atoms with E-state index in [1.807, 2.05) is 20.0 Å². The van der Waals surface area contributed by atoms with Gasteiger partial charge in [0.15, 0.2) is 5.35 Å². The van der Waals surface area contributed by atoms with Gasteiger partial charge in [0.1, 0.15) is 26.6 Å². The van der Waals surface area contributed by atoms with Crippen molar-refractivity contribution >= 4 is 8.80 Å². The van der Waals surface area contributed by atoms with Gasteiger partial charge < -0.3 is 20.1 Å². The molecule has 0 spiro atoms. The Kier molecular flexibility index (Phi) is 5.50. The first-order valence-corrected chi connectivity index (χ1v) is 11.1. The van der Waals surface area contributed by atoms with Crippen LogP contribution in [0.5, 0.6) is 0 Å². The van der Waals surface area contributed by atoms with Crippen LogP contribution in [0.15, 0.2) is 21.9 Å². The Bertz CT molecular complexity index is 689. The van der Waals surface area contributed by atoms with Crippen molar-refractivity contribution in [3.63, 3.8) is 0 Å². The Morgan fingerprint density at radius 2 is 2.08 bits per heavy atom. The second-order valence-corrected chi connectivity index (χ2v) is 9.73. The zero-order chi connectivity index (χ0) is 18.1. The average molecular weight is 358 g/mol. The van der Waals surface area contributed by atoms with Gasteiger partial charge in [0.05, 0.1) is 6.61 Å². The van der Waals surface area contributed by atoms with Crippen molar-refractivity contribution in [2.24, 2.45) is 0 Å². The number of hydrogen-bond donors (Lipinski definition) is 4. The fraction of sp³-hybridized carbons (Fsp3) is 0.733. The smallest absolute Gasteiger partial charge is 0.330 e. The van der Waals surface area contributed by atoms with Gasteiger partial charge >= 0.3 is 5.69 Å². The molecule has 9 heteroatoms. The van der Waals surface area contributed by atoms with Gasteiger partial charge in [-0.3, -0.25) is 14.3 Å². The van der Waals surface area contributed by atoms with E-state index >= 15 is 0 Å². The molecule has 0 saturated carbocycles. The molecular weight excluding hydrogens is 332 g/mol. The average Bonchev–Trinajstić information content (AvgIpc) is 2.75. The molecule has 1 aliphatic heterocycles. The number of aliphatic hydroxyl groups excluding tert-OH is 2. The number of nitrogens with zero attached hydrogens (tertiary/aromatic N) is 1. The number of aromatic amines is 1. The third-order valence-electron chi connectivity index (χ3n) is 4.85. The molecule has 4 atom stereocenters. The summed E-state index contributed by atoms with van der Waals surface area (Å²) in [5.41, 5.74) is -2.98. The summed E-state index contributed by atoms with van der Waals surface area (Å²) in [6.45, 7) is 5.26. The van der Waals surface area contributed by atoms with Crippen LogP contribution in [-0.2, 0) is 10.1 Å². The van der Waals surface area contributed by atoms with Crippen molar-refractivity contribution in [2.75, 3.05) is 6.61 Å². The van der Waals surface area contributed by atoms with Crippen LogP contribution < -0.4 is 11.2 Å². The van der Waals surface area contributed by atoms with E-state index in [1.54, 1.807) is 0 Å². The molecule has 0 aromatic carbocycles. The lowest BCUT2D eigenvalue weighted by Crippen LogP contribution is -2.66. The van der Waals surface area contributed by atoms with Crippen LogP contribution in [0.4, 0.5) is 0 Å². The minimum atomic E-state index is -1.99. The van der Waals surface area contributed by atoms with Crippen LogP contribution in [0, 0.1) is 0 Å². The monoisotopic (exact) mass is 358 g/mol. The number of nitrogens with one attached hydrogen (secondary N) is 1. The zero-order valence-electron chi connectivity index (χ0n) is 14.2. The molecule has 2 rings (SSSR count). The molecule has 1 aromatic heterocycles. The highest BCUT2D eigenvalue weighted by atomic mass is 28.3. The van der Waals surface area contributed by atoms with E-state index in [4.69, 9.17) is 4.74 Å². The third kappa shape index (κ3) is 2.70. The van der Waals surface area contributed by atoms with Crippen molar-refractivity contribution in [3.05, 3.63) is 33.1 Å². The van der Waals surface area contributed by atoms with E-state index in [1.165, 1.54) is 16.8 Å². The van der Waals surface area contributed by atoms with E-state index in [-0.39, 0.29) is 6.42 Å². The maximum atomic E-state index is 12.4. The van der Waals surface area contributed by atoms with Gasteiger partial charge in [0.25, 0.3) is 5.56 Å². The van der Waals surface area contributed by atoms with Crippen LogP contribution in [-0.4, -0.2) is 58.1 Å². The largest absolute Gasteiger partial charge is 0.394 e. The Hall–Kier alpha value is -1.26. The molecule has 1 fully saturated rings. The zero-order valence-corrected chi connectivity index (χ0v) is 15.4. The third-order valence-corrected chi connectivity index (χ3v) is 7.33. The molecule has 0 bridgehead atoms. The summed E-state index contributed by atoms with van der Waals surface area (Å²) in [6, 6.07) is 1.18. The quantitative estimate of drug-likeness (QED) is 0.478. The van der Waals surface area contributed by atoms with Crippen LogP contribution in [0.1, 0.15) is 26.2 Å². The number of aliphatic hydroxyl groups is 3. The highest BCUT2D eigenvalue weighted by Crippen LogP contribution is 2.47. The maximum Gasteiger partial charge on any atom is 0.330 e. The molecule has 1 saturated heterocycles. The molecule has 0 unspecified atom stereocenters. The molecule has 8 nitrogen and oxygen atoms in total. The standard InChI is InChI=1S/C15H26N2O6Si/c1-4-5-7-14(22)12(20)10(9-18)23-15(14,24(2)3)17-8-6-11(19)16-13(17)21/h6,8,10,12,18,20,22,24H,4-5,7,9H2,1-3H3,(H,16,19,21)/t10-,12-,14-,15+/m1/s1. The lowest BCUT2D eigenvalue weighted by Gasteiger charge is -2.45. The van der Waals surface area contributed by atoms with Gasteiger partial charge in [-0.25, -0.2) is 4.79 Å². The minimum absolute atomic E-state index is 0.220. The van der Waals surface area contributed by atoms with Gasteiger partial charge in [-0.15, -0.1) is 0 Å². The molecule has 136 valence electrons. The van der Waals surface area contributed by atoms with Crippen molar-refractivity contribution in [1.82, 2.24) is 9.55 Å². The van der Waals surface area contributed by atoms with Crippen molar-refractivity contribution in [1.29, 1.82) is 0 Å². The van der Waals surface area contributed by atoms with Crippen molar-refractivity contribution in [3.8, 4) is 0 Å². The minimum Gasteiger partial charge on any atom is -0.394 e. The number of ether oxygens (including phenoxy) is 1. The summed E-state index contributed by atoms with van der Waals surface area (Å²) in [7, 11) is -1.99. The Balaban J connectivity index is 2.72. The van der Waals surface area contributed by atoms with E-state index in [2.05, 4.69) is 4.98 Å². The Morgan fingerprint density at radius 1 is 1.42 bits per heavy atom. The van der Waals surface area contributed by atoms with E-state index in [0.717, 1.165) is 6.42 Å². The van der Waals surface area contributed by atoms with Crippen LogP contribution in [0.25, 0.3) is 0 Å². The van der Waals surface area contributed by atoms with Gasteiger partial charge in [0.2, 0.25) is 0 Å². The summed E-state index contributed by atoms with van der Waals surface area (Å²) < 4.78 is 7.12. The normalized spacial score (nSPS) is 33.3. The van der Waals surface area contributed by atoms with Gasteiger partial charge in [0, 0.05) is 12.3 Å². The van der Waals surface area contributed by atoms with Gasteiger partial charge in [-0.2, -0.15) is 0 Å². The molecule has 0 aliphatic carbocycles. The predicted molar refractivity (Wildman–Crippen MR) is 90.6 cm³/mol. The molecular formula is C15H26N2O6Si. The molecule has 1 aliphatic rings. The molecule has 24 heavy (non-hydrogen) atoms. The number of aromatic nitrogens is 2. The van der Waals surface area contributed by atoms with Crippen LogP contribution in [0.2, 0.25) is 13.1 Å². The maximum absolute atomic E-state index is 12.4. The molecule has 2 heterocycles. The van der Waals surface area contributed by atoms with Gasteiger partial charge in [-0.1, -0.05) is 32.9 Å². The van der Waals surface area contributed by atoms with E-state index in [9.17, 15) is 24.9 Å². The van der Waals surface area contributed by atoms with E-state index < -0.39 is 49.8 Å². The first-order chi connectivity index (χ1) is 11.2.